The number of fused-ring (bicyclic) bond motifs is 1. The lowest BCUT2D eigenvalue weighted by atomic mass is 9.91. The first kappa shape index (κ1) is 22.9. The van der Waals surface area contributed by atoms with Gasteiger partial charge >= 0.3 is 6.03 Å². The maximum absolute atomic E-state index is 14.7. The summed E-state index contributed by atoms with van der Waals surface area (Å²) in [5.74, 6) is -1.69. The molecular weight excluding hydrogens is 434 g/mol. The lowest BCUT2D eigenvalue weighted by Crippen LogP contribution is -2.25. The molecule has 1 aliphatic rings. The van der Waals surface area contributed by atoms with Gasteiger partial charge in [0.05, 0.1) is 11.8 Å². The minimum Gasteiger partial charge on any atom is -0.453 e. The second-order valence-electron chi connectivity index (χ2n) is 7.96. The first-order chi connectivity index (χ1) is 14.1. The second kappa shape index (κ2) is 9.16. The monoisotopic (exact) mass is 458 g/mol. The molecule has 0 saturated carbocycles. The van der Waals surface area contributed by atoms with Crippen LogP contribution in [0, 0.1) is 11.6 Å². The van der Waals surface area contributed by atoms with Crippen molar-refractivity contribution in [3.63, 3.8) is 0 Å². The lowest BCUT2D eigenvalue weighted by molar-refractivity contribution is 0.152. The van der Waals surface area contributed by atoms with Crippen molar-refractivity contribution in [3.05, 3.63) is 45.2 Å². The molecule has 3 rings (SSSR count). The summed E-state index contributed by atoms with van der Waals surface area (Å²) in [4.78, 5) is 12.5. The molecule has 1 atom stereocenters. The summed E-state index contributed by atoms with van der Waals surface area (Å²) in [5.41, 5.74) is 1.13. The zero-order valence-corrected chi connectivity index (χ0v) is 18.8. The molecule has 5 nitrogen and oxygen atoms in total. The second-order valence-corrected chi connectivity index (χ2v) is 9.15. The van der Waals surface area contributed by atoms with E-state index in [2.05, 4.69) is 10.0 Å². The molecule has 30 heavy (non-hydrogen) atoms. The Morgan fingerprint density at radius 2 is 1.83 bits per heavy atom. The van der Waals surface area contributed by atoms with Gasteiger partial charge in [0, 0.05) is 35.1 Å². The van der Waals surface area contributed by atoms with Crippen LogP contribution in [0.4, 0.5) is 19.3 Å². The van der Waals surface area contributed by atoms with Crippen molar-refractivity contribution in [2.24, 2.45) is 0 Å². The zero-order valence-electron chi connectivity index (χ0n) is 17.2. The van der Waals surface area contributed by atoms with Crippen molar-refractivity contribution in [1.29, 1.82) is 0 Å². The minimum atomic E-state index is -0.871. The van der Waals surface area contributed by atoms with Crippen molar-refractivity contribution in [2.75, 3.05) is 5.32 Å². The number of rotatable bonds is 5. The molecule has 2 aromatic rings. The van der Waals surface area contributed by atoms with Gasteiger partial charge in [0.1, 0.15) is 22.4 Å². The highest BCUT2D eigenvalue weighted by atomic mass is 35.5. The molecule has 0 spiro atoms. The lowest BCUT2D eigenvalue weighted by Gasteiger charge is -2.22. The number of nitrogens with one attached hydrogen (secondary N) is 2. The normalized spacial score (nSPS) is 16.1. The van der Waals surface area contributed by atoms with Crippen LogP contribution >= 0.6 is 23.5 Å². The number of urea groups is 1. The number of carbonyl (C=O) groups excluding carboxylic acids is 1. The van der Waals surface area contributed by atoms with Gasteiger partial charge < -0.3 is 14.8 Å². The van der Waals surface area contributed by atoms with Gasteiger partial charge in [-0.05, 0) is 30.7 Å². The van der Waals surface area contributed by atoms with Crippen LogP contribution in [0.3, 0.4) is 0 Å². The van der Waals surface area contributed by atoms with E-state index in [-0.39, 0.29) is 28.7 Å². The van der Waals surface area contributed by atoms with Gasteiger partial charge in [-0.2, -0.15) is 0 Å². The molecule has 1 aromatic carbocycles. The van der Waals surface area contributed by atoms with Gasteiger partial charge in [0.15, 0.2) is 5.09 Å². The fourth-order valence-electron chi connectivity index (χ4n) is 3.71. The highest BCUT2D eigenvalue weighted by molar-refractivity contribution is 7.97. The summed E-state index contributed by atoms with van der Waals surface area (Å²) in [6.07, 6.45) is 1.68. The number of halogens is 3. The van der Waals surface area contributed by atoms with E-state index in [9.17, 15) is 18.7 Å². The Labute approximate surface area is 183 Å². The van der Waals surface area contributed by atoms with Crippen LogP contribution < -0.4 is 10.0 Å². The quantitative estimate of drug-likeness (QED) is 0.346. The van der Waals surface area contributed by atoms with Crippen molar-refractivity contribution < 1.29 is 23.1 Å². The molecule has 0 saturated heterocycles. The Morgan fingerprint density at radius 1 is 1.23 bits per heavy atom. The van der Waals surface area contributed by atoms with E-state index in [0.717, 1.165) is 30.4 Å². The standard InChI is InChI=1S/C21H25ClF2N2O3S/c1-9(2)15-18(23)17(22)19(24)16(10(3)4)20(15)25-21(28)26-30-14-8-11-12(27)6-5-7-13(11)29-14/h8-10,12,27H,5-7H2,1-4H3,(H2,25,26,28). The van der Waals surface area contributed by atoms with Crippen molar-refractivity contribution in [1.82, 2.24) is 4.72 Å². The molecule has 1 aromatic heterocycles. The molecule has 1 unspecified atom stereocenters. The summed E-state index contributed by atoms with van der Waals surface area (Å²) in [5, 5.41) is 12.5. The predicted octanol–water partition coefficient (Wildman–Crippen LogP) is 6.66. The van der Waals surface area contributed by atoms with E-state index in [0.29, 0.717) is 17.3 Å². The Balaban J connectivity index is 1.83. The number of amides is 2. The van der Waals surface area contributed by atoms with Crippen LogP contribution in [-0.2, 0) is 6.42 Å². The van der Waals surface area contributed by atoms with E-state index in [1.165, 1.54) is 0 Å². The summed E-state index contributed by atoms with van der Waals surface area (Å²) in [6, 6.07) is 1.05. The van der Waals surface area contributed by atoms with Gasteiger partial charge in [0.25, 0.3) is 0 Å². The van der Waals surface area contributed by atoms with Crippen molar-refractivity contribution >= 4 is 35.3 Å². The van der Waals surface area contributed by atoms with E-state index in [1.807, 2.05) is 0 Å². The molecule has 0 aliphatic heterocycles. The first-order valence-electron chi connectivity index (χ1n) is 9.86. The maximum Gasteiger partial charge on any atom is 0.329 e. The molecule has 164 valence electrons. The fraction of sp³-hybridized carbons (Fsp3) is 0.476. The van der Waals surface area contributed by atoms with E-state index >= 15 is 0 Å². The third-order valence-corrected chi connectivity index (χ3v) is 6.12. The summed E-state index contributed by atoms with van der Waals surface area (Å²) in [7, 11) is 0. The number of carbonyl (C=O) groups is 1. The zero-order chi connectivity index (χ0) is 22.2. The predicted molar refractivity (Wildman–Crippen MR) is 114 cm³/mol. The average molecular weight is 459 g/mol. The van der Waals surface area contributed by atoms with Gasteiger partial charge in [-0.3, -0.25) is 4.72 Å². The Kier molecular flexibility index (Phi) is 6.99. The average Bonchev–Trinajstić information content (AvgIpc) is 3.09. The molecule has 0 fully saturated rings. The maximum atomic E-state index is 14.7. The molecular formula is C21H25ClF2N2O3S. The smallest absolute Gasteiger partial charge is 0.329 e. The Bertz CT molecular complexity index is 927. The van der Waals surface area contributed by atoms with Crippen molar-refractivity contribution in [3.8, 4) is 0 Å². The van der Waals surface area contributed by atoms with Crippen molar-refractivity contribution in [2.45, 2.75) is 70.0 Å². The number of furan rings is 1. The Hall–Kier alpha value is -1.77. The number of benzene rings is 1. The molecule has 2 amide bonds. The molecule has 0 bridgehead atoms. The third kappa shape index (κ3) is 4.45. The van der Waals surface area contributed by atoms with Crippen LogP contribution in [0.25, 0.3) is 0 Å². The first-order valence-corrected chi connectivity index (χ1v) is 11.1. The number of aliphatic hydroxyl groups is 1. The largest absolute Gasteiger partial charge is 0.453 e. The SMILES string of the molecule is CC(C)c1c(F)c(Cl)c(F)c(C(C)C)c1NC(=O)NSc1cc2c(o1)CCCC2O. The third-order valence-electron chi connectivity index (χ3n) is 5.09. The number of aryl methyl sites for hydroxylation is 1. The molecule has 0 radical (unpaired) electrons. The van der Waals surface area contributed by atoms with Gasteiger partial charge in [-0.15, -0.1) is 0 Å². The van der Waals surface area contributed by atoms with Crippen LogP contribution in [0.5, 0.6) is 0 Å². The van der Waals surface area contributed by atoms with Crippen LogP contribution in [0.1, 0.15) is 80.9 Å². The molecule has 3 N–H and O–H groups in total. The van der Waals surface area contributed by atoms with E-state index < -0.39 is 28.8 Å². The highest BCUT2D eigenvalue weighted by Crippen LogP contribution is 2.41. The van der Waals surface area contributed by atoms with Gasteiger partial charge in [-0.1, -0.05) is 39.3 Å². The Morgan fingerprint density at radius 3 is 2.37 bits per heavy atom. The topological polar surface area (TPSA) is 74.5 Å². The van der Waals surface area contributed by atoms with Crippen LogP contribution in [0.2, 0.25) is 5.02 Å². The number of aliphatic hydroxyl groups excluding tert-OH is 1. The molecule has 9 heteroatoms. The summed E-state index contributed by atoms with van der Waals surface area (Å²) < 4.78 is 37.6. The molecule has 1 aliphatic carbocycles. The highest BCUT2D eigenvalue weighted by Gasteiger charge is 2.28. The number of hydrogen-bond acceptors (Lipinski definition) is 4. The number of hydrogen-bond donors (Lipinski definition) is 3. The molecule has 1 heterocycles. The van der Waals surface area contributed by atoms with E-state index in [4.69, 9.17) is 16.0 Å². The van der Waals surface area contributed by atoms with Gasteiger partial charge in [-0.25, -0.2) is 13.6 Å². The number of anilines is 1. The van der Waals surface area contributed by atoms with Crippen LogP contribution in [0.15, 0.2) is 15.6 Å². The summed E-state index contributed by atoms with van der Waals surface area (Å²) >= 11 is 6.80. The van der Waals surface area contributed by atoms with Crippen LogP contribution in [-0.4, -0.2) is 11.1 Å². The van der Waals surface area contributed by atoms with Gasteiger partial charge in [0.2, 0.25) is 0 Å². The minimum absolute atomic E-state index is 0.0895. The fourth-order valence-corrected chi connectivity index (χ4v) is 4.48. The van der Waals surface area contributed by atoms with E-state index in [1.54, 1.807) is 33.8 Å². The summed E-state index contributed by atoms with van der Waals surface area (Å²) in [6.45, 7) is 6.97.